The molecule has 1 aromatic rings. The number of carbonyl (C=O) groups is 3. The van der Waals surface area contributed by atoms with Crippen molar-refractivity contribution in [3.05, 3.63) is 35.9 Å². The topological polar surface area (TPSA) is 120 Å². The third kappa shape index (κ3) is 5.62. The molecule has 8 nitrogen and oxygen atoms in total. The molecule has 1 aliphatic carbocycles. The van der Waals surface area contributed by atoms with Gasteiger partial charge >= 0.3 is 0 Å². The summed E-state index contributed by atoms with van der Waals surface area (Å²) in [5.41, 5.74) is 0.917. The van der Waals surface area contributed by atoms with Crippen LogP contribution in [0.5, 0.6) is 0 Å². The summed E-state index contributed by atoms with van der Waals surface area (Å²) in [4.78, 5) is 37.6. The molecule has 31 heavy (non-hydrogen) atoms. The fourth-order valence-electron chi connectivity index (χ4n) is 4.69. The average molecular weight is 429 g/mol. The number of aliphatic hydroxyl groups excluding tert-OH is 1. The molecule has 0 radical (unpaired) electrons. The molecular formula is C23H32N4O4. The molecule has 5 atom stereocenters. The highest BCUT2D eigenvalue weighted by Crippen LogP contribution is 2.40. The minimum Gasteiger partial charge on any atom is -0.381 e. The first-order valence-corrected chi connectivity index (χ1v) is 11.3. The van der Waals surface area contributed by atoms with Gasteiger partial charge in [-0.05, 0) is 56.0 Å². The van der Waals surface area contributed by atoms with Crippen molar-refractivity contribution < 1.29 is 19.5 Å². The molecule has 8 heteroatoms. The Balaban J connectivity index is 1.37. The van der Waals surface area contributed by atoms with Gasteiger partial charge in [-0.15, -0.1) is 0 Å². The van der Waals surface area contributed by atoms with Crippen LogP contribution in [0.4, 0.5) is 0 Å². The largest absolute Gasteiger partial charge is 0.381 e. The molecule has 2 saturated heterocycles. The second-order valence-electron chi connectivity index (χ2n) is 9.07. The Morgan fingerprint density at radius 1 is 1.13 bits per heavy atom. The molecule has 0 aromatic heterocycles. The van der Waals surface area contributed by atoms with Crippen molar-refractivity contribution in [1.82, 2.24) is 21.3 Å². The minimum absolute atomic E-state index is 0.0936. The zero-order valence-electron chi connectivity index (χ0n) is 17.7. The van der Waals surface area contributed by atoms with E-state index in [9.17, 15) is 19.5 Å². The van der Waals surface area contributed by atoms with Gasteiger partial charge in [-0.3, -0.25) is 14.4 Å². The van der Waals surface area contributed by atoms with E-state index in [-0.39, 0.29) is 36.7 Å². The van der Waals surface area contributed by atoms with E-state index in [1.165, 1.54) is 12.8 Å². The van der Waals surface area contributed by atoms with E-state index in [2.05, 4.69) is 21.3 Å². The lowest BCUT2D eigenvalue weighted by Crippen LogP contribution is -2.54. The number of carbonyl (C=O) groups excluding carboxylic acids is 3. The van der Waals surface area contributed by atoms with Crippen LogP contribution in [0.15, 0.2) is 30.3 Å². The van der Waals surface area contributed by atoms with Crippen molar-refractivity contribution in [2.75, 3.05) is 13.1 Å². The fourth-order valence-corrected chi connectivity index (χ4v) is 4.69. The predicted molar refractivity (Wildman–Crippen MR) is 115 cm³/mol. The minimum atomic E-state index is -1.43. The van der Waals surface area contributed by atoms with Gasteiger partial charge in [-0.1, -0.05) is 30.3 Å². The maximum atomic E-state index is 12.9. The van der Waals surface area contributed by atoms with Crippen molar-refractivity contribution in [3.8, 4) is 0 Å². The Morgan fingerprint density at radius 3 is 2.58 bits per heavy atom. The Hall–Kier alpha value is -2.45. The molecule has 0 bridgehead atoms. The Morgan fingerprint density at radius 2 is 1.90 bits per heavy atom. The van der Waals surface area contributed by atoms with Crippen LogP contribution in [0.3, 0.4) is 0 Å². The van der Waals surface area contributed by atoms with Gasteiger partial charge in [-0.2, -0.15) is 0 Å². The zero-order chi connectivity index (χ0) is 21.8. The van der Waals surface area contributed by atoms with Gasteiger partial charge in [0.1, 0.15) is 0 Å². The first-order valence-electron chi connectivity index (χ1n) is 11.3. The maximum Gasteiger partial charge on any atom is 0.251 e. The smallest absolute Gasteiger partial charge is 0.251 e. The van der Waals surface area contributed by atoms with Gasteiger partial charge in [0.2, 0.25) is 11.8 Å². The third-order valence-corrected chi connectivity index (χ3v) is 6.76. The Bertz CT molecular complexity index is 798. The third-order valence-electron chi connectivity index (χ3n) is 6.76. The monoisotopic (exact) mass is 428 g/mol. The summed E-state index contributed by atoms with van der Waals surface area (Å²) in [6, 6.07) is 8.28. The quantitative estimate of drug-likeness (QED) is 0.381. The van der Waals surface area contributed by atoms with E-state index < -0.39 is 18.1 Å². The molecule has 2 unspecified atom stereocenters. The first kappa shape index (κ1) is 21.8. The van der Waals surface area contributed by atoms with Crippen LogP contribution >= 0.6 is 0 Å². The Kier molecular flexibility index (Phi) is 6.87. The normalized spacial score (nSPS) is 27.4. The maximum absolute atomic E-state index is 12.9. The number of rotatable bonds is 9. The number of amides is 3. The molecule has 5 N–H and O–H groups in total. The molecule has 3 amide bonds. The lowest BCUT2D eigenvalue weighted by atomic mass is 9.93. The van der Waals surface area contributed by atoms with Crippen LogP contribution in [0.25, 0.3) is 0 Å². The van der Waals surface area contributed by atoms with Gasteiger partial charge < -0.3 is 26.4 Å². The van der Waals surface area contributed by atoms with Crippen molar-refractivity contribution in [1.29, 1.82) is 0 Å². The van der Waals surface area contributed by atoms with Gasteiger partial charge in [0.25, 0.3) is 5.91 Å². The highest BCUT2D eigenvalue weighted by molar-refractivity contribution is 5.86. The van der Waals surface area contributed by atoms with Crippen molar-refractivity contribution >= 4 is 17.7 Å². The van der Waals surface area contributed by atoms with Crippen molar-refractivity contribution in [2.45, 2.75) is 56.8 Å². The predicted octanol–water partition coefficient (Wildman–Crippen LogP) is 0.0628. The number of aliphatic hydroxyl groups is 1. The lowest BCUT2D eigenvalue weighted by molar-refractivity contribution is -0.134. The van der Waals surface area contributed by atoms with Crippen molar-refractivity contribution in [2.24, 2.45) is 17.8 Å². The molecule has 3 fully saturated rings. The van der Waals surface area contributed by atoms with Crippen LogP contribution in [0, 0.1) is 17.8 Å². The summed E-state index contributed by atoms with van der Waals surface area (Å²) in [5, 5.41) is 22.4. The standard InChI is InChI=1S/C23H32N4O4/c28-20(23(31)26-12-14-4-2-1-3-5-14)18(10-16-8-9-24-21(16)29)27-22(30)19-11-17(13-25-19)15-6-7-15/h1-5,15-20,25,28H,6-13H2,(H,24,29)(H,26,31)(H,27,30)/t16-,17+,18?,19-,20?/m0/s1. The zero-order valence-corrected chi connectivity index (χ0v) is 17.7. The van der Waals surface area contributed by atoms with Crippen LogP contribution in [-0.2, 0) is 20.9 Å². The molecule has 0 spiro atoms. The van der Waals surface area contributed by atoms with Gasteiger partial charge in [0.15, 0.2) is 6.10 Å². The van der Waals surface area contributed by atoms with E-state index in [4.69, 9.17) is 0 Å². The Labute approximate surface area is 182 Å². The number of hydrogen-bond acceptors (Lipinski definition) is 5. The molecule has 4 rings (SSSR count). The summed E-state index contributed by atoms with van der Waals surface area (Å²) < 4.78 is 0. The fraction of sp³-hybridized carbons (Fsp3) is 0.609. The van der Waals surface area contributed by atoms with E-state index in [1.807, 2.05) is 30.3 Å². The summed E-state index contributed by atoms with van der Waals surface area (Å²) in [7, 11) is 0. The van der Waals surface area contributed by atoms with Gasteiger partial charge in [0.05, 0.1) is 12.1 Å². The van der Waals surface area contributed by atoms with Crippen molar-refractivity contribution in [3.63, 3.8) is 0 Å². The molecule has 168 valence electrons. The first-order chi connectivity index (χ1) is 15.0. The summed E-state index contributed by atoms with van der Waals surface area (Å²) in [5.74, 6) is 0.0670. The molecular weight excluding hydrogens is 396 g/mol. The molecule has 1 saturated carbocycles. The summed E-state index contributed by atoms with van der Waals surface area (Å²) >= 11 is 0. The van der Waals surface area contributed by atoms with Crippen LogP contribution in [0.1, 0.15) is 37.7 Å². The van der Waals surface area contributed by atoms with Crippen LogP contribution < -0.4 is 21.3 Å². The lowest BCUT2D eigenvalue weighted by Gasteiger charge is -2.26. The number of nitrogens with one attached hydrogen (secondary N) is 4. The second kappa shape index (κ2) is 9.78. The highest BCUT2D eigenvalue weighted by atomic mass is 16.3. The molecule has 1 aromatic carbocycles. The molecule has 2 aliphatic heterocycles. The number of benzene rings is 1. The molecule has 3 aliphatic rings. The van der Waals surface area contributed by atoms with Crippen LogP contribution in [-0.4, -0.2) is 54.1 Å². The van der Waals surface area contributed by atoms with Gasteiger partial charge in [-0.25, -0.2) is 0 Å². The summed E-state index contributed by atoms with van der Waals surface area (Å²) in [6.45, 7) is 1.70. The van der Waals surface area contributed by atoms with E-state index in [0.717, 1.165) is 24.4 Å². The molecule has 2 heterocycles. The van der Waals surface area contributed by atoms with Gasteiger partial charge in [0, 0.05) is 19.0 Å². The van der Waals surface area contributed by atoms with E-state index in [0.29, 0.717) is 18.9 Å². The average Bonchev–Trinajstić information content (AvgIpc) is 3.37. The number of hydrogen-bond donors (Lipinski definition) is 5. The van der Waals surface area contributed by atoms with E-state index >= 15 is 0 Å². The summed E-state index contributed by atoms with van der Waals surface area (Å²) in [6.07, 6.45) is 2.69. The van der Waals surface area contributed by atoms with Crippen LogP contribution in [0.2, 0.25) is 0 Å². The SMILES string of the molecule is O=C(NCc1ccccc1)C(O)C(C[C@@H]1CCNC1=O)NC(=O)[C@@H]1C[C@@H](C2CC2)CN1. The highest BCUT2D eigenvalue weighted by Gasteiger charge is 2.40. The van der Waals surface area contributed by atoms with E-state index in [1.54, 1.807) is 0 Å². The second-order valence-corrected chi connectivity index (χ2v) is 9.07.